The molecule has 4 nitrogen and oxygen atoms in total. The minimum atomic E-state index is -1.95. The molecule has 1 N–H and O–H groups in total. The molecule has 0 aliphatic carbocycles. The highest BCUT2D eigenvalue weighted by Gasteiger charge is 2.40. The summed E-state index contributed by atoms with van der Waals surface area (Å²) in [5.41, 5.74) is 0. The minimum Gasteiger partial charge on any atom is -0.468 e. The molecule has 0 amide bonds. The normalized spacial score (nSPS) is 24.9. The van der Waals surface area contributed by atoms with Crippen LogP contribution in [0.1, 0.15) is 27.2 Å². The molecule has 25 heavy (non-hydrogen) atoms. The average Bonchev–Trinajstić information content (AvgIpc) is 2.45. The number of hydrogen-bond acceptors (Lipinski definition) is 4. The number of rotatable bonds is 6. The Morgan fingerprint density at radius 3 is 2.36 bits per heavy atom. The van der Waals surface area contributed by atoms with E-state index >= 15 is 0 Å². The fourth-order valence-electron chi connectivity index (χ4n) is 1.96. The second-order valence-corrected chi connectivity index (χ2v) is 14.7. The van der Waals surface area contributed by atoms with Crippen LogP contribution >= 0.6 is 34.8 Å². The molecular formula is C17H28Cl3NO3Si. The summed E-state index contributed by atoms with van der Waals surface area (Å²) in [5, 5.41) is 7.88. The smallest absolute Gasteiger partial charge is 0.265 e. The topological polar surface area (TPSA) is 51.5 Å². The maximum Gasteiger partial charge on any atom is 0.265 e. The van der Waals surface area contributed by atoms with Crippen molar-refractivity contribution in [2.75, 3.05) is 6.61 Å². The summed E-state index contributed by atoms with van der Waals surface area (Å²) in [6, 6.07) is 0. The van der Waals surface area contributed by atoms with E-state index in [4.69, 9.17) is 54.1 Å². The Bertz CT molecular complexity index is 512. The van der Waals surface area contributed by atoms with E-state index in [2.05, 4.69) is 40.4 Å². The Kier molecular flexibility index (Phi) is 8.06. The molecule has 1 rings (SSSR count). The number of ether oxygens (including phenoxy) is 2. The van der Waals surface area contributed by atoms with Gasteiger partial charge < -0.3 is 13.9 Å². The average molecular weight is 429 g/mol. The van der Waals surface area contributed by atoms with Crippen LogP contribution < -0.4 is 0 Å². The van der Waals surface area contributed by atoms with Crippen molar-refractivity contribution in [3.63, 3.8) is 0 Å². The highest BCUT2D eigenvalue weighted by atomic mass is 35.6. The second-order valence-electron chi connectivity index (χ2n) is 7.60. The lowest BCUT2D eigenvalue weighted by atomic mass is 10.1. The quantitative estimate of drug-likeness (QED) is 0.196. The molecule has 0 aromatic rings. The van der Waals surface area contributed by atoms with Crippen molar-refractivity contribution in [3.8, 4) is 0 Å². The van der Waals surface area contributed by atoms with Crippen molar-refractivity contribution in [1.29, 1.82) is 5.41 Å². The molecule has 0 saturated heterocycles. The van der Waals surface area contributed by atoms with Crippen molar-refractivity contribution in [2.45, 2.75) is 67.4 Å². The van der Waals surface area contributed by atoms with Gasteiger partial charge in [-0.15, -0.1) is 6.58 Å². The van der Waals surface area contributed by atoms with Gasteiger partial charge in [0.25, 0.3) is 3.79 Å². The third-order valence-corrected chi connectivity index (χ3v) is 9.57. The van der Waals surface area contributed by atoms with Gasteiger partial charge in [0.1, 0.15) is 12.2 Å². The number of hydrogen-bond donors (Lipinski definition) is 1. The first-order chi connectivity index (χ1) is 11.3. The Labute approximate surface area is 167 Å². The van der Waals surface area contributed by atoms with Crippen molar-refractivity contribution < 1.29 is 13.9 Å². The molecule has 144 valence electrons. The zero-order valence-electron chi connectivity index (χ0n) is 15.4. The molecule has 0 aromatic heterocycles. The standard InChI is InChI=1S/C17H28Cl3NO3Si/c1-7-8-12-9-10-13(24-15(21)17(18,19)20)14(23-12)11-22-25(5,6)16(2,3)4/h7,9-10,12-14,21H,1,8,11H2,2-6H3/t12-,13-,14-/m1/s1. The van der Waals surface area contributed by atoms with Gasteiger partial charge in [0.15, 0.2) is 8.32 Å². The zero-order chi connectivity index (χ0) is 19.5. The summed E-state index contributed by atoms with van der Waals surface area (Å²) in [4.78, 5) is 0. The van der Waals surface area contributed by atoms with E-state index in [1.165, 1.54) is 0 Å². The van der Waals surface area contributed by atoms with Gasteiger partial charge in [0.2, 0.25) is 5.90 Å². The molecule has 0 radical (unpaired) electrons. The molecular weight excluding hydrogens is 401 g/mol. The number of alkyl halides is 3. The maximum absolute atomic E-state index is 7.80. The van der Waals surface area contributed by atoms with Gasteiger partial charge in [0, 0.05) is 0 Å². The van der Waals surface area contributed by atoms with Gasteiger partial charge in [0.05, 0.1) is 12.7 Å². The molecule has 3 atom stereocenters. The Morgan fingerprint density at radius 1 is 1.28 bits per heavy atom. The molecule has 0 bridgehead atoms. The van der Waals surface area contributed by atoms with Gasteiger partial charge in [-0.3, -0.25) is 5.41 Å². The molecule has 0 unspecified atom stereocenters. The monoisotopic (exact) mass is 427 g/mol. The zero-order valence-corrected chi connectivity index (χ0v) is 18.7. The Balaban J connectivity index is 2.87. The second kappa shape index (κ2) is 8.76. The van der Waals surface area contributed by atoms with Gasteiger partial charge >= 0.3 is 0 Å². The summed E-state index contributed by atoms with van der Waals surface area (Å²) < 4.78 is 15.9. The van der Waals surface area contributed by atoms with Gasteiger partial charge in [-0.2, -0.15) is 0 Å². The van der Waals surface area contributed by atoms with Crippen molar-refractivity contribution in [1.82, 2.24) is 0 Å². The minimum absolute atomic E-state index is 0.0820. The third-order valence-electron chi connectivity index (χ3n) is 4.56. The van der Waals surface area contributed by atoms with Crippen LogP contribution in [0.25, 0.3) is 0 Å². The van der Waals surface area contributed by atoms with E-state index in [0.717, 1.165) is 0 Å². The fourth-order valence-corrected chi connectivity index (χ4v) is 3.11. The van der Waals surface area contributed by atoms with Crippen LogP contribution in [-0.2, 0) is 13.9 Å². The van der Waals surface area contributed by atoms with E-state index < -0.39 is 30.2 Å². The van der Waals surface area contributed by atoms with Crippen LogP contribution in [0.2, 0.25) is 18.1 Å². The largest absolute Gasteiger partial charge is 0.468 e. The Morgan fingerprint density at radius 2 is 1.88 bits per heavy atom. The fraction of sp³-hybridized carbons (Fsp3) is 0.706. The van der Waals surface area contributed by atoms with Gasteiger partial charge in [-0.05, 0) is 30.6 Å². The SMILES string of the molecule is C=CC[C@@H]1C=C[C@@H](OC(=N)C(Cl)(Cl)Cl)[C@@H](CO[Si](C)(C)C(C)(C)C)O1. The molecule has 0 saturated carbocycles. The first-order valence-corrected chi connectivity index (χ1v) is 12.2. The molecule has 1 heterocycles. The first kappa shape index (κ1) is 23.0. The molecule has 1 aliphatic rings. The summed E-state index contributed by atoms with van der Waals surface area (Å²) in [6.07, 6.45) is 5.15. The van der Waals surface area contributed by atoms with Crippen molar-refractivity contribution in [2.24, 2.45) is 0 Å². The lowest BCUT2D eigenvalue weighted by Crippen LogP contribution is -2.48. The third kappa shape index (κ3) is 6.89. The lowest BCUT2D eigenvalue weighted by Gasteiger charge is -2.39. The predicted octanol–water partition coefficient (Wildman–Crippen LogP) is 5.64. The number of halogens is 3. The van der Waals surface area contributed by atoms with Crippen LogP contribution in [0.15, 0.2) is 24.8 Å². The van der Waals surface area contributed by atoms with Crippen LogP contribution in [0.4, 0.5) is 0 Å². The van der Waals surface area contributed by atoms with Crippen LogP contribution in [0, 0.1) is 5.41 Å². The first-order valence-electron chi connectivity index (χ1n) is 8.19. The highest BCUT2D eigenvalue weighted by molar-refractivity contribution is 6.76. The van der Waals surface area contributed by atoms with Crippen molar-refractivity contribution in [3.05, 3.63) is 24.8 Å². The molecule has 0 spiro atoms. The van der Waals surface area contributed by atoms with E-state index in [-0.39, 0.29) is 11.1 Å². The van der Waals surface area contributed by atoms with Crippen LogP contribution in [0.3, 0.4) is 0 Å². The maximum atomic E-state index is 7.80. The van der Waals surface area contributed by atoms with Crippen molar-refractivity contribution >= 4 is 49.0 Å². The summed E-state index contributed by atoms with van der Waals surface area (Å²) >= 11 is 17.2. The van der Waals surface area contributed by atoms with E-state index in [0.29, 0.717) is 13.0 Å². The molecule has 1 aliphatic heterocycles. The van der Waals surface area contributed by atoms with Crippen LogP contribution in [-0.4, -0.2) is 42.9 Å². The highest BCUT2D eigenvalue weighted by Crippen LogP contribution is 2.37. The molecule has 0 fully saturated rings. The van der Waals surface area contributed by atoms with Gasteiger partial charge in [-0.1, -0.05) is 67.7 Å². The summed E-state index contributed by atoms with van der Waals surface area (Å²) in [6.45, 7) is 15.0. The van der Waals surface area contributed by atoms with Gasteiger partial charge in [-0.25, -0.2) is 0 Å². The lowest BCUT2D eigenvalue weighted by molar-refractivity contribution is -0.0718. The van der Waals surface area contributed by atoms with Crippen LogP contribution in [0.5, 0.6) is 0 Å². The summed E-state index contributed by atoms with van der Waals surface area (Å²) in [5.74, 6) is -0.435. The van der Waals surface area contributed by atoms with E-state index in [1.807, 2.05) is 12.2 Å². The van der Waals surface area contributed by atoms with E-state index in [9.17, 15) is 0 Å². The predicted molar refractivity (Wildman–Crippen MR) is 109 cm³/mol. The number of nitrogens with one attached hydrogen (secondary N) is 1. The Hall–Kier alpha value is -0.0431. The summed E-state index contributed by atoms with van der Waals surface area (Å²) in [7, 11) is -1.95. The van der Waals surface area contributed by atoms with E-state index in [1.54, 1.807) is 6.08 Å². The molecule has 0 aromatic carbocycles. The molecule has 8 heteroatoms.